The first-order chi connectivity index (χ1) is 8.34. The minimum atomic E-state index is -0.349. The standard InChI is InChI=1S/C11H8N4O2/c16-11(8-2-1-5-17-8)15-10-9-7(3-4-12-10)13-6-14-9/h1-6H,(H,13,14)(H,12,15,16). The van der Waals surface area contributed by atoms with Crippen molar-refractivity contribution in [3.05, 3.63) is 42.7 Å². The van der Waals surface area contributed by atoms with Crippen LogP contribution in [0.25, 0.3) is 11.0 Å². The van der Waals surface area contributed by atoms with Crippen molar-refractivity contribution < 1.29 is 9.21 Å². The Hall–Kier alpha value is -2.63. The van der Waals surface area contributed by atoms with Crippen LogP contribution >= 0.6 is 0 Å². The van der Waals surface area contributed by atoms with Crippen molar-refractivity contribution in [2.45, 2.75) is 0 Å². The van der Waals surface area contributed by atoms with Crippen LogP contribution < -0.4 is 5.32 Å². The van der Waals surface area contributed by atoms with Crippen LogP contribution in [0.3, 0.4) is 0 Å². The molecule has 17 heavy (non-hydrogen) atoms. The van der Waals surface area contributed by atoms with Crippen molar-refractivity contribution in [3.8, 4) is 0 Å². The Labute approximate surface area is 95.7 Å². The Morgan fingerprint density at radius 2 is 2.29 bits per heavy atom. The summed E-state index contributed by atoms with van der Waals surface area (Å²) in [5.74, 6) is 0.294. The van der Waals surface area contributed by atoms with E-state index in [-0.39, 0.29) is 11.7 Å². The van der Waals surface area contributed by atoms with Gasteiger partial charge in [-0.1, -0.05) is 0 Å². The lowest BCUT2D eigenvalue weighted by atomic mass is 10.3. The number of amides is 1. The van der Waals surface area contributed by atoms with Gasteiger partial charge in [-0.3, -0.25) is 4.79 Å². The number of carbonyl (C=O) groups is 1. The molecule has 0 saturated heterocycles. The Morgan fingerprint density at radius 3 is 3.12 bits per heavy atom. The highest BCUT2D eigenvalue weighted by Gasteiger charge is 2.12. The van der Waals surface area contributed by atoms with Crippen LogP contribution in [0.2, 0.25) is 0 Å². The summed E-state index contributed by atoms with van der Waals surface area (Å²) >= 11 is 0. The molecule has 84 valence electrons. The Balaban J connectivity index is 1.95. The van der Waals surface area contributed by atoms with Crippen LogP contribution in [0.1, 0.15) is 10.6 Å². The molecule has 0 atom stereocenters. The van der Waals surface area contributed by atoms with E-state index in [4.69, 9.17) is 4.42 Å². The van der Waals surface area contributed by atoms with E-state index >= 15 is 0 Å². The first-order valence-corrected chi connectivity index (χ1v) is 4.97. The molecule has 3 aromatic heterocycles. The van der Waals surface area contributed by atoms with Gasteiger partial charge >= 0.3 is 0 Å². The molecule has 0 bridgehead atoms. The van der Waals surface area contributed by atoms with E-state index in [1.54, 1.807) is 30.7 Å². The Bertz CT molecular complexity index is 657. The van der Waals surface area contributed by atoms with E-state index in [1.165, 1.54) is 6.26 Å². The van der Waals surface area contributed by atoms with Gasteiger partial charge in [0.05, 0.1) is 18.1 Å². The minimum absolute atomic E-state index is 0.235. The highest BCUT2D eigenvalue weighted by molar-refractivity contribution is 6.05. The fourth-order valence-electron chi connectivity index (χ4n) is 1.54. The highest BCUT2D eigenvalue weighted by atomic mass is 16.3. The van der Waals surface area contributed by atoms with Crippen LogP contribution in [0, 0.1) is 0 Å². The zero-order valence-corrected chi connectivity index (χ0v) is 8.68. The predicted octanol–water partition coefficient (Wildman–Crippen LogP) is 1.80. The van der Waals surface area contributed by atoms with Crippen molar-refractivity contribution in [1.29, 1.82) is 0 Å². The van der Waals surface area contributed by atoms with Crippen LogP contribution in [0.15, 0.2) is 41.4 Å². The van der Waals surface area contributed by atoms with E-state index in [0.29, 0.717) is 11.3 Å². The minimum Gasteiger partial charge on any atom is -0.459 e. The van der Waals surface area contributed by atoms with Gasteiger partial charge in [0.25, 0.3) is 5.91 Å². The molecule has 3 rings (SSSR count). The van der Waals surface area contributed by atoms with E-state index in [0.717, 1.165) is 5.52 Å². The number of aromatic nitrogens is 3. The fourth-order valence-corrected chi connectivity index (χ4v) is 1.54. The molecule has 0 aliphatic carbocycles. The summed E-state index contributed by atoms with van der Waals surface area (Å²) < 4.78 is 4.99. The van der Waals surface area contributed by atoms with E-state index in [2.05, 4.69) is 20.3 Å². The molecule has 0 saturated carbocycles. The monoisotopic (exact) mass is 228 g/mol. The summed E-state index contributed by atoms with van der Waals surface area (Å²) in [7, 11) is 0. The molecular weight excluding hydrogens is 220 g/mol. The Kier molecular flexibility index (Phi) is 2.11. The average molecular weight is 228 g/mol. The zero-order valence-electron chi connectivity index (χ0n) is 8.68. The van der Waals surface area contributed by atoms with Gasteiger partial charge in [-0.05, 0) is 18.2 Å². The number of fused-ring (bicyclic) bond motifs is 1. The maximum Gasteiger partial charge on any atom is 0.292 e. The predicted molar refractivity (Wildman–Crippen MR) is 60.5 cm³/mol. The third-order valence-electron chi connectivity index (χ3n) is 2.31. The number of nitrogens with zero attached hydrogens (tertiary/aromatic N) is 2. The first-order valence-electron chi connectivity index (χ1n) is 4.97. The average Bonchev–Trinajstić information content (AvgIpc) is 3.00. The van der Waals surface area contributed by atoms with Gasteiger partial charge in [-0.2, -0.15) is 0 Å². The van der Waals surface area contributed by atoms with E-state index in [1.807, 2.05) is 0 Å². The zero-order chi connectivity index (χ0) is 11.7. The largest absolute Gasteiger partial charge is 0.459 e. The Morgan fingerprint density at radius 1 is 1.35 bits per heavy atom. The summed E-state index contributed by atoms with van der Waals surface area (Å²) in [6, 6.07) is 5.02. The molecule has 3 aromatic rings. The van der Waals surface area contributed by atoms with Crippen molar-refractivity contribution in [3.63, 3.8) is 0 Å². The number of hydrogen-bond acceptors (Lipinski definition) is 4. The first kappa shape index (κ1) is 9.59. The van der Waals surface area contributed by atoms with Crippen LogP contribution in [0.5, 0.6) is 0 Å². The third-order valence-corrected chi connectivity index (χ3v) is 2.31. The lowest BCUT2D eigenvalue weighted by Gasteiger charge is -2.02. The van der Waals surface area contributed by atoms with Gasteiger partial charge in [-0.15, -0.1) is 0 Å². The molecule has 0 spiro atoms. The molecule has 6 heteroatoms. The summed E-state index contributed by atoms with van der Waals surface area (Å²) in [5.41, 5.74) is 1.43. The van der Waals surface area contributed by atoms with Crippen molar-refractivity contribution in [2.24, 2.45) is 0 Å². The van der Waals surface area contributed by atoms with Gasteiger partial charge in [0, 0.05) is 6.20 Å². The second-order valence-corrected chi connectivity index (χ2v) is 3.39. The maximum absolute atomic E-state index is 11.8. The number of carbonyl (C=O) groups excluding carboxylic acids is 1. The number of H-pyrrole nitrogens is 1. The summed E-state index contributed by atoms with van der Waals surface area (Å²) in [4.78, 5) is 22.9. The molecule has 3 heterocycles. The fraction of sp³-hybridized carbons (Fsp3) is 0. The van der Waals surface area contributed by atoms with Gasteiger partial charge < -0.3 is 14.7 Å². The molecule has 0 aliphatic rings. The van der Waals surface area contributed by atoms with Crippen LogP contribution in [-0.4, -0.2) is 20.9 Å². The van der Waals surface area contributed by atoms with Crippen LogP contribution in [-0.2, 0) is 0 Å². The molecule has 1 amide bonds. The molecular formula is C11H8N4O2. The molecule has 6 nitrogen and oxygen atoms in total. The number of aromatic amines is 1. The van der Waals surface area contributed by atoms with E-state index in [9.17, 15) is 4.79 Å². The van der Waals surface area contributed by atoms with Gasteiger partial charge in [0.1, 0.15) is 5.52 Å². The second kappa shape index (κ2) is 3.75. The van der Waals surface area contributed by atoms with E-state index < -0.39 is 0 Å². The summed E-state index contributed by atoms with van der Waals surface area (Å²) in [6.07, 6.45) is 4.59. The van der Waals surface area contributed by atoms with Crippen molar-refractivity contribution in [2.75, 3.05) is 5.32 Å². The van der Waals surface area contributed by atoms with Crippen molar-refractivity contribution in [1.82, 2.24) is 15.0 Å². The number of pyridine rings is 1. The second-order valence-electron chi connectivity index (χ2n) is 3.39. The number of anilines is 1. The van der Waals surface area contributed by atoms with Crippen LogP contribution in [0.4, 0.5) is 5.82 Å². The maximum atomic E-state index is 11.8. The molecule has 0 aromatic carbocycles. The highest BCUT2D eigenvalue weighted by Crippen LogP contribution is 2.17. The smallest absolute Gasteiger partial charge is 0.292 e. The molecule has 0 unspecified atom stereocenters. The number of rotatable bonds is 2. The van der Waals surface area contributed by atoms with Crippen molar-refractivity contribution >= 4 is 22.8 Å². The normalized spacial score (nSPS) is 10.6. The molecule has 0 fully saturated rings. The number of furan rings is 1. The SMILES string of the molecule is O=C(Nc1nccc2[nH]cnc12)c1ccco1. The van der Waals surface area contributed by atoms with Gasteiger partial charge in [0.15, 0.2) is 11.6 Å². The van der Waals surface area contributed by atoms with Gasteiger partial charge in [0.2, 0.25) is 0 Å². The number of hydrogen-bond donors (Lipinski definition) is 2. The topological polar surface area (TPSA) is 83.8 Å². The lowest BCUT2D eigenvalue weighted by Crippen LogP contribution is -2.12. The summed E-state index contributed by atoms with van der Waals surface area (Å²) in [5, 5.41) is 2.65. The number of imidazole rings is 1. The quantitative estimate of drug-likeness (QED) is 0.700. The third kappa shape index (κ3) is 1.65. The molecule has 2 N–H and O–H groups in total. The van der Waals surface area contributed by atoms with Gasteiger partial charge in [-0.25, -0.2) is 9.97 Å². The molecule has 0 aliphatic heterocycles. The number of nitrogens with one attached hydrogen (secondary N) is 2. The lowest BCUT2D eigenvalue weighted by molar-refractivity contribution is 0.0996. The molecule has 0 radical (unpaired) electrons. The summed E-state index contributed by atoms with van der Waals surface area (Å²) in [6.45, 7) is 0.